The maximum absolute atomic E-state index is 12.4. The van der Waals surface area contributed by atoms with E-state index in [9.17, 15) is 19.2 Å². The number of ketones is 2. The zero-order chi connectivity index (χ0) is 72.6. The average molecular weight is 1450 g/mol. The molecule has 0 unspecified atom stereocenters. The van der Waals surface area contributed by atoms with Crippen LogP contribution in [0.2, 0.25) is 0 Å². The third-order valence-corrected chi connectivity index (χ3v) is 12.5. The first-order valence-corrected chi connectivity index (χ1v) is 34.9. The smallest absolute Gasteiger partial charge is 0.273 e. The van der Waals surface area contributed by atoms with Crippen molar-refractivity contribution >= 4 is 35.0 Å². The van der Waals surface area contributed by atoms with Gasteiger partial charge in [-0.2, -0.15) is 0 Å². The van der Waals surface area contributed by atoms with Crippen molar-refractivity contribution in [3.05, 3.63) is 11.4 Å². The van der Waals surface area contributed by atoms with Gasteiger partial charge in [-0.25, -0.2) is 9.97 Å². The number of aromatic nitrogens is 2. The molecule has 0 saturated heterocycles. The minimum Gasteiger partial charge on any atom is -0.382 e. The number of nitrogens with one attached hydrogen (secondary N) is 2. The van der Waals surface area contributed by atoms with E-state index in [0.717, 1.165) is 0 Å². The highest BCUT2D eigenvalue weighted by molar-refractivity contribution is 6.01. The fourth-order valence-corrected chi connectivity index (χ4v) is 7.40. The molecule has 0 radical (unpaired) electrons. The molecule has 34 heteroatoms. The Labute approximate surface area is 593 Å². The molecule has 588 valence electrons. The van der Waals surface area contributed by atoms with Crippen LogP contribution in [0.3, 0.4) is 0 Å². The van der Waals surface area contributed by atoms with E-state index in [1.807, 2.05) is 13.8 Å². The van der Waals surface area contributed by atoms with Crippen molar-refractivity contribution < 1.29 is 133 Å². The Morgan fingerprint density at radius 2 is 0.520 bits per heavy atom. The quantitative estimate of drug-likeness (QED) is 0.0527. The Morgan fingerprint density at radius 1 is 0.290 bits per heavy atom. The number of nitrogen functional groups attached to an aromatic ring is 2. The monoisotopic (exact) mass is 1450 g/mol. The van der Waals surface area contributed by atoms with Crippen LogP contribution in [0.15, 0.2) is 0 Å². The number of ether oxygens (including phenoxy) is 24. The molecule has 0 atom stereocenters. The highest BCUT2D eigenvalue weighted by atomic mass is 16.6. The fourth-order valence-electron chi connectivity index (χ4n) is 7.40. The lowest BCUT2D eigenvalue weighted by Crippen LogP contribution is -2.28. The number of amides is 2. The van der Waals surface area contributed by atoms with E-state index in [2.05, 4.69) is 20.6 Å². The molecule has 0 aromatic carbocycles. The van der Waals surface area contributed by atoms with Crippen LogP contribution >= 0.6 is 0 Å². The minimum absolute atomic E-state index is 0.000660. The maximum atomic E-state index is 12.4. The molecule has 2 amide bonds. The SMILES string of the molecule is CCCC(=O)c1nc(N)c(C(=O)NCCCC(=O)CCOCCOCCOCCOCCOCCOCCOCCOCCOCCOCCOCCOC)nc1N.CCNC(=O)CCOCCOCCOCCOCCOCCOCCOCCOCCOCCOCCOCCOC. The van der Waals surface area contributed by atoms with Gasteiger partial charge in [-0.1, -0.05) is 6.92 Å². The Morgan fingerprint density at radius 3 is 0.770 bits per heavy atom. The summed E-state index contributed by atoms with van der Waals surface area (Å²) >= 11 is 0. The molecule has 0 aliphatic rings. The molecule has 100 heavy (non-hydrogen) atoms. The Hall–Kier alpha value is -4.00. The summed E-state index contributed by atoms with van der Waals surface area (Å²) in [4.78, 5) is 55.8. The van der Waals surface area contributed by atoms with Crippen LogP contribution in [0.1, 0.15) is 73.3 Å². The van der Waals surface area contributed by atoms with E-state index in [0.29, 0.717) is 323 Å². The highest BCUT2D eigenvalue weighted by Crippen LogP contribution is 2.15. The molecule has 1 aromatic heterocycles. The first-order valence-electron chi connectivity index (χ1n) is 34.9. The van der Waals surface area contributed by atoms with E-state index in [-0.39, 0.29) is 72.9 Å². The Bertz CT molecular complexity index is 1940. The second-order valence-electron chi connectivity index (χ2n) is 20.7. The predicted octanol–water partition coefficient (Wildman–Crippen LogP) is 1.26. The average Bonchev–Trinajstić information content (AvgIpc) is 0.824. The van der Waals surface area contributed by atoms with Crippen LogP contribution in [-0.2, 0) is 123 Å². The first-order chi connectivity index (χ1) is 49.2. The second kappa shape index (κ2) is 80.7. The van der Waals surface area contributed by atoms with Crippen molar-refractivity contribution in [2.75, 3.05) is 343 Å². The number of hydrogen-bond donors (Lipinski definition) is 4. The highest BCUT2D eigenvalue weighted by Gasteiger charge is 2.20. The third-order valence-electron chi connectivity index (χ3n) is 12.5. The van der Waals surface area contributed by atoms with Crippen molar-refractivity contribution in [1.82, 2.24) is 20.6 Å². The van der Waals surface area contributed by atoms with E-state index in [1.54, 1.807) is 14.2 Å². The van der Waals surface area contributed by atoms with Gasteiger partial charge >= 0.3 is 0 Å². The number of carbonyl (C=O) groups is 4. The summed E-state index contributed by atoms with van der Waals surface area (Å²) in [5, 5.41) is 5.36. The zero-order valence-electron chi connectivity index (χ0n) is 60.7. The lowest BCUT2D eigenvalue weighted by Gasteiger charge is -2.09. The maximum Gasteiger partial charge on any atom is 0.273 e. The van der Waals surface area contributed by atoms with Crippen molar-refractivity contribution in [1.29, 1.82) is 0 Å². The van der Waals surface area contributed by atoms with Gasteiger partial charge in [0, 0.05) is 53.0 Å². The van der Waals surface area contributed by atoms with Gasteiger partial charge in [-0.05, 0) is 19.8 Å². The standard InChI is InChI=1S/C38H69N5O15.C28H57NO13/c1-3-5-33(45)34-36(39)43-35(37(40)42-34)38(46)41-8-4-6-32(44)7-9-48-12-13-50-16-17-52-20-21-54-24-25-56-28-29-58-31-30-57-27-26-55-23-22-53-19-18-51-15-14-49-11-10-47-2;1-3-29-28(30)4-5-32-8-9-34-12-13-36-16-17-38-20-21-40-24-25-42-27-26-41-23-22-39-19-18-37-15-14-35-11-10-33-7-6-31-2/h3-31H2,1-2H3,(H2,39,43)(H2,40,42)(H,41,46);3-27H2,1-2H3,(H,29,30). The van der Waals surface area contributed by atoms with E-state index in [1.165, 1.54) is 0 Å². The largest absolute Gasteiger partial charge is 0.382 e. The molecule has 6 N–H and O–H groups in total. The van der Waals surface area contributed by atoms with Gasteiger partial charge in [0.25, 0.3) is 5.91 Å². The molecule has 0 saturated carbocycles. The van der Waals surface area contributed by atoms with Gasteiger partial charge < -0.3 is 136 Å². The topological polar surface area (TPSA) is 392 Å². The van der Waals surface area contributed by atoms with Crippen molar-refractivity contribution in [2.45, 2.75) is 52.4 Å². The summed E-state index contributed by atoms with van der Waals surface area (Å²) in [6.07, 6.45) is 2.20. The zero-order valence-corrected chi connectivity index (χ0v) is 60.7. The van der Waals surface area contributed by atoms with Crippen LogP contribution in [-0.4, -0.2) is 365 Å². The van der Waals surface area contributed by atoms with E-state index in [4.69, 9.17) is 125 Å². The number of methoxy groups -OCH3 is 2. The second-order valence-corrected chi connectivity index (χ2v) is 20.7. The van der Waals surface area contributed by atoms with Crippen molar-refractivity contribution in [3.63, 3.8) is 0 Å². The lowest BCUT2D eigenvalue weighted by molar-refractivity contribution is -0.122. The molecule has 0 bridgehead atoms. The molecule has 0 aliphatic heterocycles. The van der Waals surface area contributed by atoms with Crippen LogP contribution in [0.25, 0.3) is 0 Å². The van der Waals surface area contributed by atoms with Crippen LogP contribution in [0, 0.1) is 0 Å². The molecule has 34 nitrogen and oxygen atoms in total. The van der Waals surface area contributed by atoms with Crippen molar-refractivity contribution in [3.8, 4) is 0 Å². The summed E-state index contributed by atoms with van der Waals surface area (Å²) in [5.74, 6) is -1.17. The summed E-state index contributed by atoms with van der Waals surface area (Å²) in [6.45, 7) is 27.2. The molecule has 0 spiro atoms. The van der Waals surface area contributed by atoms with Crippen molar-refractivity contribution in [2.24, 2.45) is 0 Å². The molecule has 1 rings (SSSR count). The lowest BCUT2D eigenvalue weighted by atomic mass is 10.1. The number of rotatable bonds is 81. The summed E-state index contributed by atoms with van der Waals surface area (Å²) in [5.41, 5.74) is 11.4. The van der Waals surface area contributed by atoms with Gasteiger partial charge in [0.2, 0.25) is 5.91 Å². The first kappa shape index (κ1) is 96.0. The molecular weight excluding hydrogens is 1320 g/mol. The third kappa shape index (κ3) is 71.0. The van der Waals surface area contributed by atoms with Gasteiger partial charge in [0.05, 0.1) is 304 Å². The Balaban J connectivity index is 0.00000207. The molecule has 1 heterocycles. The number of anilines is 2. The van der Waals surface area contributed by atoms with E-state index >= 15 is 0 Å². The number of Topliss-reactive ketones (excluding diaryl/α,β-unsaturated/α-hetero) is 2. The number of carbonyl (C=O) groups excluding carboxylic acids is 4. The van der Waals surface area contributed by atoms with Gasteiger partial charge in [-0.3, -0.25) is 19.2 Å². The molecule has 0 fully saturated rings. The van der Waals surface area contributed by atoms with Crippen LogP contribution < -0.4 is 22.1 Å². The predicted molar refractivity (Wildman–Crippen MR) is 366 cm³/mol. The van der Waals surface area contributed by atoms with E-state index < -0.39 is 5.91 Å². The molecule has 1 aromatic rings. The molecule has 0 aliphatic carbocycles. The summed E-state index contributed by atoms with van der Waals surface area (Å²) < 4.78 is 129. The molecular formula is C66H126N6O28. The van der Waals surface area contributed by atoms with Crippen LogP contribution in [0.5, 0.6) is 0 Å². The number of nitrogens with zero attached hydrogens (tertiary/aromatic N) is 2. The fraction of sp³-hybridized carbons (Fsp3) is 0.879. The normalized spacial score (nSPS) is 11.4. The Kier molecular flexibility index (Phi) is 77.5. The summed E-state index contributed by atoms with van der Waals surface area (Å²) in [6, 6.07) is 0. The van der Waals surface area contributed by atoms with Gasteiger partial charge in [-0.15, -0.1) is 0 Å². The minimum atomic E-state index is -0.577. The van der Waals surface area contributed by atoms with Gasteiger partial charge in [0.15, 0.2) is 28.8 Å². The number of nitrogens with two attached hydrogens (primary N) is 2. The van der Waals surface area contributed by atoms with Crippen LogP contribution in [0.4, 0.5) is 11.6 Å². The summed E-state index contributed by atoms with van der Waals surface area (Å²) in [7, 11) is 3.28. The number of hydrogen-bond acceptors (Lipinski definition) is 32. The van der Waals surface area contributed by atoms with Gasteiger partial charge in [0.1, 0.15) is 5.78 Å².